The monoisotopic (exact) mass is 395 g/mol. The van der Waals surface area contributed by atoms with Gasteiger partial charge in [-0.2, -0.15) is 0 Å². The molecule has 0 saturated heterocycles. The van der Waals surface area contributed by atoms with E-state index in [1.165, 1.54) is 0 Å². The maximum atomic E-state index is 12.5. The first-order chi connectivity index (χ1) is 14.0. The summed E-state index contributed by atoms with van der Waals surface area (Å²) in [4.78, 5) is 38.0. The summed E-state index contributed by atoms with van der Waals surface area (Å²) in [5.41, 5.74) is 7.71. The molecule has 2 N–H and O–H groups in total. The van der Waals surface area contributed by atoms with E-state index in [2.05, 4.69) is 10.9 Å². The molecule has 1 aliphatic rings. The van der Waals surface area contributed by atoms with Gasteiger partial charge < -0.3 is 9.64 Å². The minimum absolute atomic E-state index is 0.00346. The molecule has 2 aromatic rings. The Kier molecular flexibility index (Phi) is 6.84. The Hall–Kier alpha value is -3.35. The summed E-state index contributed by atoms with van der Waals surface area (Å²) in [6.45, 7) is 2.37. The Morgan fingerprint density at radius 1 is 1.00 bits per heavy atom. The molecule has 0 atom stereocenters. The number of anilines is 1. The number of ether oxygens (including phenoxy) is 1. The topological polar surface area (TPSA) is 87.7 Å². The highest BCUT2D eigenvalue weighted by Gasteiger charge is 2.22. The summed E-state index contributed by atoms with van der Waals surface area (Å²) in [7, 11) is 0. The van der Waals surface area contributed by atoms with E-state index in [1.807, 2.05) is 49.4 Å². The third kappa shape index (κ3) is 5.81. The van der Waals surface area contributed by atoms with Crippen LogP contribution in [0.1, 0.15) is 30.4 Å². The molecule has 0 radical (unpaired) electrons. The lowest BCUT2D eigenvalue weighted by atomic mass is 10.0. The molecule has 29 heavy (non-hydrogen) atoms. The minimum atomic E-state index is -0.476. The second-order valence-corrected chi connectivity index (χ2v) is 6.98. The molecule has 7 nitrogen and oxygen atoms in total. The molecule has 0 spiro atoms. The fourth-order valence-electron chi connectivity index (χ4n) is 3.24. The third-order valence-electron chi connectivity index (χ3n) is 4.68. The number of nitrogens with one attached hydrogen (secondary N) is 2. The SMILES string of the molecule is Cc1cccc(OCC(=O)NNC(=O)CCC(=O)N2CCCc3ccccc32)c1. The molecule has 2 aromatic carbocycles. The van der Waals surface area contributed by atoms with Crippen LogP contribution in [-0.4, -0.2) is 30.9 Å². The fourth-order valence-corrected chi connectivity index (χ4v) is 3.24. The summed E-state index contributed by atoms with van der Waals surface area (Å²) in [5.74, 6) is -0.413. The number of nitrogens with zero attached hydrogens (tertiary/aromatic N) is 1. The average Bonchev–Trinajstić information content (AvgIpc) is 2.74. The molecule has 0 aliphatic carbocycles. The van der Waals surface area contributed by atoms with Crippen molar-refractivity contribution in [3.05, 3.63) is 59.7 Å². The van der Waals surface area contributed by atoms with Gasteiger partial charge >= 0.3 is 0 Å². The highest BCUT2D eigenvalue weighted by atomic mass is 16.5. The van der Waals surface area contributed by atoms with Crippen LogP contribution in [0.4, 0.5) is 5.69 Å². The van der Waals surface area contributed by atoms with Gasteiger partial charge in [0.05, 0.1) is 0 Å². The van der Waals surface area contributed by atoms with E-state index in [-0.39, 0.29) is 25.4 Å². The Bertz CT molecular complexity index is 897. The van der Waals surface area contributed by atoms with Crippen LogP contribution in [0, 0.1) is 6.92 Å². The largest absolute Gasteiger partial charge is 0.484 e. The van der Waals surface area contributed by atoms with Gasteiger partial charge in [0.2, 0.25) is 11.8 Å². The predicted octanol–water partition coefficient (Wildman–Crippen LogP) is 2.28. The van der Waals surface area contributed by atoms with Crippen LogP contribution in [-0.2, 0) is 20.8 Å². The van der Waals surface area contributed by atoms with E-state index in [0.717, 1.165) is 29.7 Å². The van der Waals surface area contributed by atoms with Crippen molar-refractivity contribution >= 4 is 23.4 Å². The van der Waals surface area contributed by atoms with Crippen molar-refractivity contribution in [2.75, 3.05) is 18.1 Å². The predicted molar refractivity (Wildman–Crippen MR) is 109 cm³/mol. The van der Waals surface area contributed by atoms with Crippen molar-refractivity contribution < 1.29 is 19.1 Å². The van der Waals surface area contributed by atoms with Crippen molar-refractivity contribution in [1.82, 2.24) is 10.9 Å². The van der Waals surface area contributed by atoms with Gasteiger partial charge in [-0.15, -0.1) is 0 Å². The number of carbonyl (C=O) groups excluding carboxylic acids is 3. The van der Waals surface area contributed by atoms with Crippen LogP contribution in [0.25, 0.3) is 0 Å². The first kappa shape index (κ1) is 20.4. The Labute approximate surface area is 170 Å². The number of hydrogen-bond acceptors (Lipinski definition) is 4. The zero-order chi connectivity index (χ0) is 20.6. The molecular weight excluding hydrogens is 370 g/mol. The van der Waals surface area contributed by atoms with Crippen LogP contribution >= 0.6 is 0 Å². The van der Waals surface area contributed by atoms with Crippen molar-refractivity contribution in [3.63, 3.8) is 0 Å². The normalized spacial score (nSPS) is 12.7. The molecule has 0 unspecified atom stereocenters. The van der Waals surface area contributed by atoms with Crippen LogP contribution in [0.5, 0.6) is 5.75 Å². The van der Waals surface area contributed by atoms with E-state index in [0.29, 0.717) is 12.3 Å². The third-order valence-corrected chi connectivity index (χ3v) is 4.68. The number of hydrazine groups is 1. The van der Waals surface area contributed by atoms with Gasteiger partial charge in [-0.05, 0) is 49.1 Å². The summed E-state index contributed by atoms with van der Waals surface area (Å²) >= 11 is 0. The first-order valence-corrected chi connectivity index (χ1v) is 9.68. The lowest BCUT2D eigenvalue weighted by Gasteiger charge is -2.29. The van der Waals surface area contributed by atoms with Crippen LogP contribution in [0.15, 0.2) is 48.5 Å². The van der Waals surface area contributed by atoms with E-state index in [1.54, 1.807) is 11.0 Å². The molecule has 0 bridgehead atoms. The quantitative estimate of drug-likeness (QED) is 0.735. The molecule has 3 amide bonds. The zero-order valence-electron chi connectivity index (χ0n) is 16.4. The number of para-hydroxylation sites is 1. The molecule has 3 rings (SSSR count). The highest BCUT2D eigenvalue weighted by molar-refractivity contribution is 5.96. The average molecular weight is 395 g/mol. The molecule has 1 aliphatic heterocycles. The lowest BCUT2D eigenvalue weighted by Crippen LogP contribution is -2.44. The van der Waals surface area contributed by atoms with Gasteiger partial charge in [-0.1, -0.05) is 30.3 Å². The van der Waals surface area contributed by atoms with Crippen molar-refractivity contribution in [2.45, 2.75) is 32.6 Å². The number of rotatable bonds is 6. The maximum absolute atomic E-state index is 12.5. The summed E-state index contributed by atoms with van der Waals surface area (Å²) in [6, 6.07) is 15.2. The summed E-state index contributed by atoms with van der Waals surface area (Å²) in [6.07, 6.45) is 1.94. The second-order valence-electron chi connectivity index (χ2n) is 6.98. The van der Waals surface area contributed by atoms with Gasteiger partial charge in [0.15, 0.2) is 6.61 Å². The standard InChI is InChI=1S/C22H25N3O4/c1-16-6-4-9-18(14-16)29-15-21(27)24-23-20(26)11-12-22(28)25-13-5-8-17-7-2-3-10-19(17)25/h2-4,6-7,9-10,14H,5,8,11-13,15H2,1H3,(H,23,26)(H,24,27). The van der Waals surface area contributed by atoms with Gasteiger partial charge in [-0.3, -0.25) is 25.2 Å². The van der Waals surface area contributed by atoms with Crippen molar-refractivity contribution in [3.8, 4) is 5.75 Å². The van der Waals surface area contributed by atoms with E-state index in [9.17, 15) is 14.4 Å². The molecule has 0 saturated carbocycles. The molecule has 0 fully saturated rings. The van der Waals surface area contributed by atoms with Gasteiger partial charge in [0.1, 0.15) is 5.75 Å². The number of amides is 3. The molecule has 7 heteroatoms. The number of aryl methyl sites for hydroxylation is 2. The van der Waals surface area contributed by atoms with Crippen LogP contribution < -0.4 is 20.5 Å². The Morgan fingerprint density at radius 2 is 1.79 bits per heavy atom. The summed E-state index contributed by atoms with van der Waals surface area (Å²) in [5, 5.41) is 0. The molecular formula is C22H25N3O4. The van der Waals surface area contributed by atoms with Crippen molar-refractivity contribution in [2.24, 2.45) is 0 Å². The number of benzene rings is 2. The first-order valence-electron chi connectivity index (χ1n) is 9.68. The van der Waals surface area contributed by atoms with E-state index in [4.69, 9.17) is 4.74 Å². The number of fused-ring (bicyclic) bond motifs is 1. The highest BCUT2D eigenvalue weighted by Crippen LogP contribution is 2.27. The molecule has 0 aromatic heterocycles. The molecule has 1 heterocycles. The van der Waals surface area contributed by atoms with E-state index >= 15 is 0 Å². The van der Waals surface area contributed by atoms with Crippen LogP contribution in [0.3, 0.4) is 0 Å². The van der Waals surface area contributed by atoms with Gasteiger partial charge in [0.25, 0.3) is 5.91 Å². The maximum Gasteiger partial charge on any atom is 0.276 e. The number of hydrogen-bond donors (Lipinski definition) is 2. The van der Waals surface area contributed by atoms with Gasteiger partial charge in [0, 0.05) is 25.1 Å². The number of carbonyl (C=O) groups is 3. The summed E-state index contributed by atoms with van der Waals surface area (Å²) < 4.78 is 5.37. The van der Waals surface area contributed by atoms with Crippen molar-refractivity contribution in [1.29, 1.82) is 0 Å². The molecule has 152 valence electrons. The van der Waals surface area contributed by atoms with Gasteiger partial charge in [-0.25, -0.2) is 0 Å². The zero-order valence-corrected chi connectivity index (χ0v) is 16.4. The van der Waals surface area contributed by atoms with E-state index < -0.39 is 11.8 Å². The minimum Gasteiger partial charge on any atom is -0.484 e. The Balaban J connectivity index is 1.39. The lowest BCUT2D eigenvalue weighted by molar-refractivity contribution is -0.130. The smallest absolute Gasteiger partial charge is 0.276 e. The van der Waals surface area contributed by atoms with Crippen LogP contribution in [0.2, 0.25) is 0 Å². The second kappa shape index (κ2) is 9.73. The Morgan fingerprint density at radius 3 is 2.62 bits per heavy atom. The fraction of sp³-hybridized carbons (Fsp3) is 0.318.